The molecule has 0 spiro atoms. The number of hydrogen-bond donors (Lipinski definition) is 2. The average Bonchev–Trinajstić information content (AvgIpc) is 2.60. The van der Waals surface area contributed by atoms with Crippen LogP contribution in [0.15, 0.2) is 48.5 Å². The van der Waals surface area contributed by atoms with Crippen LogP contribution in [0.1, 0.15) is 41.5 Å². The Morgan fingerprint density at radius 1 is 1.08 bits per heavy atom. The van der Waals surface area contributed by atoms with Gasteiger partial charge in [-0.15, -0.1) is 0 Å². The number of amides is 1. The van der Waals surface area contributed by atoms with Gasteiger partial charge in [-0.3, -0.25) is 14.9 Å². The predicted molar refractivity (Wildman–Crippen MR) is 107 cm³/mol. The van der Waals surface area contributed by atoms with Crippen LogP contribution in [0.25, 0.3) is 0 Å². The third-order valence-corrected chi connectivity index (χ3v) is 3.66. The van der Waals surface area contributed by atoms with Crippen molar-refractivity contribution in [1.82, 2.24) is 5.32 Å². The van der Waals surface area contributed by atoms with Crippen molar-refractivity contribution in [2.45, 2.75) is 20.8 Å². The summed E-state index contributed by atoms with van der Waals surface area (Å²) in [5.74, 6) is 0.716. The third-order valence-electron chi connectivity index (χ3n) is 3.46. The number of benzene rings is 2. The van der Waals surface area contributed by atoms with Gasteiger partial charge in [0.1, 0.15) is 5.75 Å². The zero-order chi connectivity index (χ0) is 19.1. The van der Waals surface area contributed by atoms with E-state index in [1.807, 2.05) is 6.07 Å². The molecule has 2 aromatic rings. The Hall–Kier alpha value is -2.73. The summed E-state index contributed by atoms with van der Waals surface area (Å²) in [6.45, 7) is 6.21. The van der Waals surface area contributed by atoms with Crippen molar-refractivity contribution in [1.29, 1.82) is 0 Å². The molecule has 136 valence electrons. The largest absolute Gasteiger partial charge is 0.493 e. The highest BCUT2D eigenvalue weighted by Crippen LogP contribution is 2.15. The molecule has 0 radical (unpaired) electrons. The number of ketones is 1. The molecule has 5 nitrogen and oxygen atoms in total. The van der Waals surface area contributed by atoms with Crippen molar-refractivity contribution >= 4 is 34.7 Å². The van der Waals surface area contributed by atoms with Crippen LogP contribution in [0.4, 0.5) is 5.69 Å². The first-order chi connectivity index (χ1) is 12.3. The quantitative estimate of drug-likeness (QED) is 0.593. The van der Waals surface area contributed by atoms with Crippen LogP contribution in [0.3, 0.4) is 0 Å². The summed E-state index contributed by atoms with van der Waals surface area (Å²) < 4.78 is 5.63. The maximum absolute atomic E-state index is 12.3. The van der Waals surface area contributed by atoms with Gasteiger partial charge < -0.3 is 10.1 Å². The molecule has 0 saturated heterocycles. The summed E-state index contributed by atoms with van der Waals surface area (Å²) in [7, 11) is 0. The van der Waals surface area contributed by atoms with Crippen LogP contribution >= 0.6 is 12.2 Å². The standard InChI is InChI=1S/C20H22N2O3S/c1-13(2)12-25-18-6-4-5-16(11-18)19(24)22-20(26)21-17-9-7-15(8-10-17)14(3)23/h4-11,13H,12H2,1-3H3,(H2,21,22,24,26). The molecule has 6 heteroatoms. The number of ether oxygens (including phenoxy) is 1. The zero-order valence-electron chi connectivity index (χ0n) is 15.0. The fourth-order valence-corrected chi connectivity index (χ4v) is 2.33. The minimum absolute atomic E-state index is 0.00741. The molecule has 0 bridgehead atoms. The van der Waals surface area contributed by atoms with Gasteiger partial charge in [0.2, 0.25) is 0 Å². The number of Topliss-reactive ketones (excluding diaryl/α,β-unsaturated/α-hetero) is 1. The fourth-order valence-electron chi connectivity index (χ4n) is 2.12. The van der Waals surface area contributed by atoms with Crippen molar-refractivity contribution < 1.29 is 14.3 Å². The van der Waals surface area contributed by atoms with Crippen molar-refractivity contribution in [3.63, 3.8) is 0 Å². The molecule has 0 saturated carbocycles. The minimum Gasteiger partial charge on any atom is -0.493 e. The summed E-state index contributed by atoms with van der Waals surface area (Å²) >= 11 is 5.17. The first-order valence-corrected chi connectivity index (χ1v) is 8.72. The van der Waals surface area contributed by atoms with Gasteiger partial charge in [-0.2, -0.15) is 0 Å². The number of hydrogen-bond acceptors (Lipinski definition) is 4. The first kappa shape index (κ1) is 19.6. The zero-order valence-corrected chi connectivity index (χ0v) is 15.9. The lowest BCUT2D eigenvalue weighted by molar-refractivity contribution is 0.0975. The minimum atomic E-state index is -0.321. The molecule has 0 heterocycles. The normalized spacial score (nSPS) is 10.3. The molecule has 2 rings (SSSR count). The lowest BCUT2D eigenvalue weighted by Crippen LogP contribution is -2.34. The van der Waals surface area contributed by atoms with Crippen molar-refractivity contribution in [3.05, 3.63) is 59.7 Å². The summed E-state index contributed by atoms with van der Waals surface area (Å²) in [6, 6.07) is 13.8. The second kappa shape index (κ2) is 9.10. The van der Waals surface area contributed by atoms with Crippen molar-refractivity contribution in [3.8, 4) is 5.75 Å². The number of carbonyl (C=O) groups is 2. The molecule has 2 aromatic carbocycles. The number of anilines is 1. The van der Waals surface area contributed by atoms with E-state index < -0.39 is 0 Å². The Labute approximate surface area is 158 Å². The summed E-state index contributed by atoms with van der Waals surface area (Å²) in [6.07, 6.45) is 0. The lowest BCUT2D eigenvalue weighted by atomic mass is 10.1. The van der Waals surface area contributed by atoms with Gasteiger partial charge in [-0.1, -0.05) is 19.9 Å². The van der Waals surface area contributed by atoms with E-state index in [0.717, 1.165) is 0 Å². The van der Waals surface area contributed by atoms with Crippen LogP contribution in [-0.4, -0.2) is 23.4 Å². The van der Waals surface area contributed by atoms with Gasteiger partial charge in [-0.05, 0) is 67.5 Å². The second-order valence-corrected chi connectivity index (χ2v) is 6.68. The molecule has 1 amide bonds. The van der Waals surface area contributed by atoms with Gasteiger partial charge in [0.25, 0.3) is 5.91 Å². The van der Waals surface area contributed by atoms with Crippen LogP contribution < -0.4 is 15.4 Å². The van der Waals surface area contributed by atoms with E-state index in [4.69, 9.17) is 17.0 Å². The third kappa shape index (κ3) is 5.97. The van der Waals surface area contributed by atoms with E-state index in [2.05, 4.69) is 24.5 Å². The van der Waals surface area contributed by atoms with E-state index in [-0.39, 0.29) is 16.8 Å². The topological polar surface area (TPSA) is 67.4 Å². The molecule has 0 aliphatic heterocycles. The van der Waals surface area contributed by atoms with E-state index in [1.165, 1.54) is 6.92 Å². The Balaban J connectivity index is 1.95. The highest BCUT2D eigenvalue weighted by Gasteiger charge is 2.10. The number of rotatable bonds is 6. The molecule has 0 aromatic heterocycles. The SMILES string of the molecule is CC(=O)c1ccc(NC(=S)NC(=O)c2cccc(OCC(C)C)c2)cc1. The van der Waals surface area contributed by atoms with Gasteiger partial charge in [0.15, 0.2) is 10.9 Å². The monoisotopic (exact) mass is 370 g/mol. The predicted octanol–water partition coefficient (Wildman–Crippen LogP) is 4.05. The van der Waals surface area contributed by atoms with E-state index in [9.17, 15) is 9.59 Å². The molecule has 0 aliphatic carbocycles. The Kier molecular flexibility index (Phi) is 6.86. The van der Waals surface area contributed by atoms with Gasteiger partial charge in [0, 0.05) is 16.8 Å². The molecule has 26 heavy (non-hydrogen) atoms. The second-order valence-electron chi connectivity index (χ2n) is 6.27. The Morgan fingerprint density at radius 2 is 1.77 bits per heavy atom. The van der Waals surface area contributed by atoms with Crippen LogP contribution in [0.5, 0.6) is 5.75 Å². The van der Waals surface area contributed by atoms with Crippen LogP contribution in [-0.2, 0) is 0 Å². The lowest BCUT2D eigenvalue weighted by Gasteiger charge is -2.12. The molecular formula is C20H22N2O3S. The van der Waals surface area contributed by atoms with Crippen molar-refractivity contribution in [2.75, 3.05) is 11.9 Å². The fraction of sp³-hybridized carbons (Fsp3) is 0.250. The van der Waals surface area contributed by atoms with Gasteiger partial charge in [-0.25, -0.2) is 0 Å². The van der Waals surface area contributed by atoms with E-state index >= 15 is 0 Å². The van der Waals surface area contributed by atoms with Gasteiger partial charge in [0.05, 0.1) is 6.61 Å². The highest BCUT2D eigenvalue weighted by molar-refractivity contribution is 7.80. The summed E-state index contributed by atoms with van der Waals surface area (Å²) in [5, 5.41) is 5.73. The van der Waals surface area contributed by atoms with E-state index in [1.54, 1.807) is 42.5 Å². The smallest absolute Gasteiger partial charge is 0.257 e. The number of nitrogens with one attached hydrogen (secondary N) is 2. The maximum Gasteiger partial charge on any atom is 0.257 e. The maximum atomic E-state index is 12.3. The molecule has 0 atom stereocenters. The molecule has 2 N–H and O–H groups in total. The first-order valence-electron chi connectivity index (χ1n) is 8.31. The van der Waals surface area contributed by atoms with Crippen LogP contribution in [0.2, 0.25) is 0 Å². The summed E-state index contributed by atoms with van der Waals surface area (Å²) in [4.78, 5) is 23.6. The highest BCUT2D eigenvalue weighted by atomic mass is 32.1. The molecule has 0 unspecified atom stereocenters. The Bertz CT molecular complexity index is 801. The number of thiocarbonyl (C=S) groups is 1. The van der Waals surface area contributed by atoms with Crippen LogP contribution in [0, 0.1) is 5.92 Å². The average molecular weight is 370 g/mol. The van der Waals surface area contributed by atoms with E-state index in [0.29, 0.717) is 35.1 Å². The Morgan fingerprint density at radius 3 is 2.38 bits per heavy atom. The summed E-state index contributed by atoms with van der Waals surface area (Å²) in [5.41, 5.74) is 1.76. The van der Waals surface area contributed by atoms with Crippen molar-refractivity contribution in [2.24, 2.45) is 5.92 Å². The molecular weight excluding hydrogens is 348 g/mol. The molecule has 0 aliphatic rings. The molecule has 0 fully saturated rings. The number of carbonyl (C=O) groups excluding carboxylic acids is 2. The van der Waals surface area contributed by atoms with Gasteiger partial charge >= 0.3 is 0 Å².